The van der Waals surface area contributed by atoms with E-state index in [0.29, 0.717) is 16.8 Å². The van der Waals surface area contributed by atoms with Gasteiger partial charge in [0.1, 0.15) is 29.1 Å². The van der Waals surface area contributed by atoms with Gasteiger partial charge >= 0.3 is 5.97 Å². The smallest absolute Gasteiger partial charge is 0.307 e. The topological polar surface area (TPSA) is 68.3 Å². The van der Waals surface area contributed by atoms with Crippen LogP contribution in [0, 0.1) is 17.5 Å². The molecular formula is C20H15F3N2O3S. The Morgan fingerprint density at radius 2 is 1.76 bits per heavy atom. The number of hydrogen-bond donors (Lipinski definition) is 1. The molecule has 0 fully saturated rings. The highest BCUT2D eigenvalue weighted by molar-refractivity contribution is 7.13. The van der Waals surface area contributed by atoms with E-state index in [4.69, 9.17) is 4.74 Å². The molecule has 2 aromatic carbocycles. The lowest BCUT2D eigenvalue weighted by Gasteiger charge is -2.06. The summed E-state index contributed by atoms with van der Waals surface area (Å²) in [6, 6.07) is 8.50. The number of benzene rings is 2. The number of esters is 1. The summed E-state index contributed by atoms with van der Waals surface area (Å²) >= 11 is 1.34. The Kier molecular flexibility index (Phi) is 6.61. The first-order valence-electron chi connectivity index (χ1n) is 8.51. The fourth-order valence-electron chi connectivity index (χ4n) is 2.37. The molecule has 3 aromatic rings. The molecule has 0 atom stereocenters. The summed E-state index contributed by atoms with van der Waals surface area (Å²) < 4.78 is 44.4. The van der Waals surface area contributed by atoms with Crippen molar-refractivity contribution in [1.82, 2.24) is 10.3 Å². The van der Waals surface area contributed by atoms with E-state index < -0.39 is 23.5 Å². The molecule has 0 aliphatic heterocycles. The van der Waals surface area contributed by atoms with Crippen LogP contribution in [-0.4, -0.2) is 23.4 Å². The van der Waals surface area contributed by atoms with E-state index in [9.17, 15) is 22.8 Å². The molecule has 1 heterocycles. The normalized spacial score (nSPS) is 10.6. The van der Waals surface area contributed by atoms with Crippen molar-refractivity contribution in [2.24, 2.45) is 0 Å². The van der Waals surface area contributed by atoms with Crippen molar-refractivity contribution in [3.8, 4) is 10.6 Å². The molecule has 3 rings (SSSR count). The van der Waals surface area contributed by atoms with Gasteiger partial charge in [-0.15, -0.1) is 11.3 Å². The van der Waals surface area contributed by atoms with E-state index in [-0.39, 0.29) is 31.0 Å². The summed E-state index contributed by atoms with van der Waals surface area (Å²) in [4.78, 5) is 28.0. The molecule has 5 nitrogen and oxygen atoms in total. The third kappa shape index (κ3) is 5.64. The first-order chi connectivity index (χ1) is 13.9. The lowest BCUT2D eigenvalue weighted by atomic mass is 10.2. The average molecular weight is 420 g/mol. The Labute approximate surface area is 168 Å². The first-order valence-corrected chi connectivity index (χ1v) is 9.39. The number of ether oxygens (including phenoxy) is 1. The Morgan fingerprint density at radius 1 is 1.03 bits per heavy atom. The predicted molar refractivity (Wildman–Crippen MR) is 101 cm³/mol. The fourth-order valence-corrected chi connectivity index (χ4v) is 3.18. The zero-order valence-corrected chi connectivity index (χ0v) is 15.8. The van der Waals surface area contributed by atoms with Crippen molar-refractivity contribution in [3.05, 3.63) is 76.6 Å². The lowest BCUT2D eigenvalue weighted by Crippen LogP contribution is -2.27. The molecule has 150 valence electrons. The number of amides is 1. The maximum Gasteiger partial charge on any atom is 0.307 e. The van der Waals surface area contributed by atoms with Crippen LogP contribution in [0.4, 0.5) is 13.2 Å². The number of halogens is 3. The van der Waals surface area contributed by atoms with Crippen molar-refractivity contribution >= 4 is 23.2 Å². The second-order valence-corrected chi connectivity index (χ2v) is 6.80. The van der Waals surface area contributed by atoms with Gasteiger partial charge in [-0.25, -0.2) is 18.2 Å². The van der Waals surface area contributed by atoms with Gasteiger partial charge in [-0.1, -0.05) is 0 Å². The van der Waals surface area contributed by atoms with Gasteiger partial charge in [-0.3, -0.25) is 9.59 Å². The standard InChI is InChI=1S/C20H15F3N2O3S/c21-13-3-1-12(2-4-13)20-25-15(11-29-20)10-28-18(26)7-8-24-19(27)16-6-5-14(22)9-17(16)23/h1-6,9,11H,7-8,10H2,(H,24,27). The van der Waals surface area contributed by atoms with Gasteiger partial charge in [0.2, 0.25) is 0 Å². The Bertz CT molecular complexity index is 1020. The largest absolute Gasteiger partial charge is 0.459 e. The summed E-state index contributed by atoms with van der Waals surface area (Å²) in [6.45, 7) is -0.108. The Hall–Kier alpha value is -3.20. The van der Waals surface area contributed by atoms with Crippen LogP contribution in [0.15, 0.2) is 47.8 Å². The highest BCUT2D eigenvalue weighted by atomic mass is 32.1. The number of rotatable bonds is 7. The number of nitrogens with zero attached hydrogens (tertiary/aromatic N) is 1. The number of aromatic nitrogens is 1. The molecule has 29 heavy (non-hydrogen) atoms. The summed E-state index contributed by atoms with van der Waals surface area (Å²) in [6.07, 6.45) is -0.122. The predicted octanol–water partition coefficient (Wildman–Crippen LogP) is 4.09. The van der Waals surface area contributed by atoms with Crippen LogP contribution in [-0.2, 0) is 16.1 Å². The highest BCUT2D eigenvalue weighted by Gasteiger charge is 2.13. The molecule has 9 heteroatoms. The molecule has 0 aliphatic rings. The van der Waals surface area contributed by atoms with Crippen LogP contribution in [0.3, 0.4) is 0 Å². The Morgan fingerprint density at radius 3 is 2.48 bits per heavy atom. The SMILES string of the molecule is O=C(CCNC(=O)c1ccc(F)cc1F)OCc1csc(-c2ccc(F)cc2)n1. The van der Waals surface area contributed by atoms with Crippen molar-refractivity contribution in [2.75, 3.05) is 6.54 Å². The van der Waals surface area contributed by atoms with Crippen LogP contribution in [0.25, 0.3) is 10.6 Å². The van der Waals surface area contributed by atoms with Crippen molar-refractivity contribution in [3.63, 3.8) is 0 Å². The van der Waals surface area contributed by atoms with Crippen molar-refractivity contribution in [1.29, 1.82) is 0 Å². The second-order valence-electron chi connectivity index (χ2n) is 5.94. The number of thiazole rings is 1. The molecular weight excluding hydrogens is 405 g/mol. The maximum atomic E-state index is 13.5. The van der Waals surface area contributed by atoms with E-state index in [0.717, 1.165) is 17.7 Å². The summed E-state index contributed by atoms with van der Waals surface area (Å²) in [5.74, 6) is -3.42. The van der Waals surface area contributed by atoms with Crippen LogP contribution >= 0.6 is 11.3 Å². The molecule has 0 spiro atoms. The van der Waals surface area contributed by atoms with Crippen LogP contribution in [0.5, 0.6) is 0 Å². The summed E-state index contributed by atoms with van der Waals surface area (Å²) in [7, 11) is 0. The molecule has 0 aliphatic carbocycles. The molecule has 1 N–H and O–H groups in total. The van der Waals surface area contributed by atoms with Crippen molar-refractivity contribution < 1.29 is 27.5 Å². The number of hydrogen-bond acceptors (Lipinski definition) is 5. The van der Waals surface area contributed by atoms with E-state index in [2.05, 4.69) is 10.3 Å². The second kappa shape index (κ2) is 9.33. The number of carbonyl (C=O) groups is 2. The third-order valence-electron chi connectivity index (χ3n) is 3.81. The molecule has 1 amide bonds. The molecule has 1 aromatic heterocycles. The lowest BCUT2D eigenvalue weighted by molar-refractivity contribution is -0.144. The molecule has 0 bridgehead atoms. The average Bonchev–Trinajstić information content (AvgIpc) is 3.16. The first kappa shape index (κ1) is 20.5. The van der Waals surface area contributed by atoms with Gasteiger partial charge in [-0.2, -0.15) is 0 Å². The third-order valence-corrected chi connectivity index (χ3v) is 4.75. The molecule has 0 unspecified atom stereocenters. The van der Waals surface area contributed by atoms with E-state index >= 15 is 0 Å². The van der Waals surface area contributed by atoms with E-state index in [1.165, 1.54) is 23.5 Å². The summed E-state index contributed by atoms with van der Waals surface area (Å²) in [5, 5.41) is 4.77. The van der Waals surface area contributed by atoms with Gasteiger partial charge in [0, 0.05) is 23.6 Å². The zero-order chi connectivity index (χ0) is 20.8. The quantitative estimate of drug-likeness (QED) is 0.585. The van der Waals surface area contributed by atoms with Gasteiger partial charge in [0.15, 0.2) is 0 Å². The number of carbonyl (C=O) groups excluding carboxylic acids is 2. The van der Waals surface area contributed by atoms with Gasteiger partial charge in [-0.05, 0) is 36.4 Å². The molecule has 0 saturated carbocycles. The van der Waals surface area contributed by atoms with Gasteiger partial charge in [0.05, 0.1) is 17.7 Å². The minimum atomic E-state index is -0.981. The van der Waals surface area contributed by atoms with E-state index in [1.807, 2.05) is 0 Å². The van der Waals surface area contributed by atoms with Crippen molar-refractivity contribution in [2.45, 2.75) is 13.0 Å². The minimum absolute atomic E-state index is 0.0446. The van der Waals surface area contributed by atoms with Crippen LogP contribution in [0.2, 0.25) is 0 Å². The number of nitrogens with one attached hydrogen (secondary N) is 1. The van der Waals surface area contributed by atoms with Gasteiger partial charge < -0.3 is 10.1 Å². The Balaban J connectivity index is 1.43. The monoisotopic (exact) mass is 420 g/mol. The van der Waals surface area contributed by atoms with E-state index in [1.54, 1.807) is 17.5 Å². The van der Waals surface area contributed by atoms with Crippen LogP contribution < -0.4 is 5.32 Å². The molecule has 0 saturated heterocycles. The minimum Gasteiger partial charge on any atom is -0.459 e. The van der Waals surface area contributed by atoms with Gasteiger partial charge in [0.25, 0.3) is 5.91 Å². The fraction of sp³-hybridized carbons (Fsp3) is 0.150. The molecule has 0 radical (unpaired) electrons. The maximum absolute atomic E-state index is 13.5. The highest BCUT2D eigenvalue weighted by Crippen LogP contribution is 2.24. The zero-order valence-electron chi connectivity index (χ0n) is 15.0. The summed E-state index contributed by atoms with van der Waals surface area (Å²) in [5.41, 5.74) is 0.986. The van der Waals surface area contributed by atoms with Crippen LogP contribution in [0.1, 0.15) is 22.5 Å².